The second-order valence-corrected chi connectivity index (χ2v) is 9.06. The van der Waals surface area contributed by atoms with Gasteiger partial charge in [0.15, 0.2) is 5.16 Å². The minimum Gasteiger partial charge on any atom is -0.352 e. The minimum atomic E-state index is -0.116. The quantitative estimate of drug-likeness (QED) is 0.487. The Kier molecular flexibility index (Phi) is 6.23. The molecule has 6 heteroatoms. The van der Waals surface area contributed by atoms with Gasteiger partial charge in [-0.2, -0.15) is 0 Å². The molecule has 2 aromatic carbocycles. The number of benzene rings is 2. The van der Waals surface area contributed by atoms with Crippen molar-refractivity contribution in [1.82, 2.24) is 14.9 Å². The molecule has 4 rings (SSSR count). The third-order valence-electron chi connectivity index (χ3n) is 5.80. The first-order valence-corrected chi connectivity index (χ1v) is 11.5. The molecule has 0 spiro atoms. The van der Waals surface area contributed by atoms with E-state index < -0.39 is 0 Å². The van der Waals surface area contributed by atoms with Gasteiger partial charge in [-0.25, -0.2) is 4.98 Å². The molecule has 0 unspecified atom stereocenters. The number of carbonyl (C=O) groups excluding carboxylic acids is 1. The van der Waals surface area contributed by atoms with Crippen LogP contribution in [-0.2, 0) is 4.79 Å². The van der Waals surface area contributed by atoms with Gasteiger partial charge in [-0.15, -0.1) is 0 Å². The van der Waals surface area contributed by atoms with Crippen molar-refractivity contribution >= 4 is 28.6 Å². The number of nitrogens with one attached hydrogen (secondary N) is 1. The molecule has 1 heterocycles. The number of carbonyl (C=O) groups is 1. The van der Waals surface area contributed by atoms with Crippen LogP contribution in [0.2, 0.25) is 0 Å². The van der Waals surface area contributed by atoms with Crippen molar-refractivity contribution in [3.63, 3.8) is 0 Å². The van der Waals surface area contributed by atoms with E-state index in [4.69, 9.17) is 4.98 Å². The molecule has 1 fully saturated rings. The van der Waals surface area contributed by atoms with E-state index >= 15 is 0 Å². The number of thioether (sulfide) groups is 1. The van der Waals surface area contributed by atoms with Crippen LogP contribution in [0.1, 0.15) is 38.2 Å². The van der Waals surface area contributed by atoms with Crippen molar-refractivity contribution in [2.45, 2.75) is 50.7 Å². The van der Waals surface area contributed by atoms with Gasteiger partial charge in [-0.05, 0) is 55.5 Å². The summed E-state index contributed by atoms with van der Waals surface area (Å²) < 4.78 is 1.62. The molecular weight excluding hydrogens is 394 g/mol. The van der Waals surface area contributed by atoms with E-state index in [1.807, 2.05) is 49.4 Å². The van der Waals surface area contributed by atoms with E-state index in [0.717, 1.165) is 24.1 Å². The van der Waals surface area contributed by atoms with E-state index in [1.54, 1.807) is 10.6 Å². The average molecular weight is 422 g/mol. The summed E-state index contributed by atoms with van der Waals surface area (Å²) in [5.41, 5.74) is 2.36. The molecule has 0 radical (unpaired) electrons. The van der Waals surface area contributed by atoms with Gasteiger partial charge in [0.05, 0.1) is 22.3 Å². The van der Waals surface area contributed by atoms with Crippen LogP contribution in [0.3, 0.4) is 0 Å². The molecule has 1 aromatic heterocycles. The number of para-hydroxylation sites is 1. The van der Waals surface area contributed by atoms with Crippen molar-refractivity contribution in [2.24, 2.45) is 5.92 Å². The van der Waals surface area contributed by atoms with Gasteiger partial charge < -0.3 is 5.32 Å². The molecule has 0 aliphatic heterocycles. The predicted molar refractivity (Wildman–Crippen MR) is 122 cm³/mol. The van der Waals surface area contributed by atoms with Crippen LogP contribution >= 0.6 is 11.8 Å². The van der Waals surface area contributed by atoms with Crippen LogP contribution in [0, 0.1) is 12.8 Å². The normalized spacial score (nSPS) is 19.0. The lowest BCUT2D eigenvalue weighted by Gasteiger charge is -2.29. The molecule has 2 atom stereocenters. The van der Waals surface area contributed by atoms with Crippen molar-refractivity contribution in [2.75, 3.05) is 5.75 Å². The largest absolute Gasteiger partial charge is 0.352 e. The fourth-order valence-electron chi connectivity index (χ4n) is 4.11. The number of rotatable bonds is 5. The van der Waals surface area contributed by atoms with Crippen molar-refractivity contribution < 1.29 is 4.79 Å². The Morgan fingerprint density at radius 1 is 1.17 bits per heavy atom. The minimum absolute atomic E-state index is 0.00282. The zero-order valence-corrected chi connectivity index (χ0v) is 18.2. The maximum absolute atomic E-state index is 13.3. The number of nitrogens with zero attached hydrogens (tertiary/aromatic N) is 2. The van der Waals surface area contributed by atoms with E-state index in [1.165, 1.54) is 24.6 Å². The maximum Gasteiger partial charge on any atom is 0.266 e. The number of hydrogen-bond acceptors (Lipinski definition) is 4. The fourth-order valence-corrected chi connectivity index (χ4v) is 4.94. The molecule has 1 N–H and O–H groups in total. The fraction of sp³-hybridized carbons (Fsp3) is 0.375. The summed E-state index contributed by atoms with van der Waals surface area (Å²) in [7, 11) is 0. The van der Waals surface area contributed by atoms with Gasteiger partial charge in [-0.3, -0.25) is 14.2 Å². The van der Waals surface area contributed by atoms with Crippen LogP contribution in [0.4, 0.5) is 0 Å². The van der Waals surface area contributed by atoms with Crippen LogP contribution in [0.25, 0.3) is 16.6 Å². The Morgan fingerprint density at radius 2 is 1.97 bits per heavy atom. The van der Waals surface area contributed by atoms with E-state index in [0.29, 0.717) is 22.0 Å². The number of amides is 1. The second kappa shape index (κ2) is 9.04. The molecule has 1 amide bonds. The van der Waals surface area contributed by atoms with E-state index in [2.05, 4.69) is 12.2 Å². The van der Waals surface area contributed by atoms with Gasteiger partial charge in [-0.1, -0.05) is 55.8 Å². The third-order valence-corrected chi connectivity index (χ3v) is 6.73. The monoisotopic (exact) mass is 421 g/mol. The number of hydrogen-bond donors (Lipinski definition) is 1. The van der Waals surface area contributed by atoms with E-state index in [9.17, 15) is 9.59 Å². The highest BCUT2D eigenvalue weighted by Crippen LogP contribution is 2.25. The first kappa shape index (κ1) is 20.7. The Hall–Kier alpha value is -2.60. The summed E-state index contributed by atoms with van der Waals surface area (Å²) in [6.07, 6.45) is 4.62. The molecule has 156 valence electrons. The van der Waals surface area contributed by atoms with E-state index in [-0.39, 0.29) is 23.3 Å². The topological polar surface area (TPSA) is 64.0 Å². The molecule has 1 saturated carbocycles. The standard InChI is InChI=1S/C24H27N3O2S/c1-16-8-7-10-18(14-16)27-23(29)19-11-4-6-13-21(19)26-24(27)30-15-22(28)25-20-12-5-3-9-17(20)2/h4,6-8,10-11,13-14,17,20H,3,5,9,12,15H2,1-2H3,(H,25,28)/t17-,20-/m1/s1. The third kappa shape index (κ3) is 4.43. The van der Waals surface area contributed by atoms with Crippen LogP contribution in [0.5, 0.6) is 0 Å². The van der Waals surface area contributed by atoms with Gasteiger partial charge in [0.1, 0.15) is 0 Å². The average Bonchev–Trinajstić information content (AvgIpc) is 2.74. The summed E-state index contributed by atoms with van der Waals surface area (Å²) in [5.74, 6) is 0.744. The summed E-state index contributed by atoms with van der Waals surface area (Å²) in [4.78, 5) is 30.6. The Morgan fingerprint density at radius 3 is 2.77 bits per heavy atom. The molecule has 1 aliphatic rings. The Balaban J connectivity index is 1.63. The maximum atomic E-state index is 13.3. The summed E-state index contributed by atoms with van der Waals surface area (Å²) in [6.45, 7) is 4.20. The number of fused-ring (bicyclic) bond motifs is 1. The molecule has 5 nitrogen and oxygen atoms in total. The smallest absolute Gasteiger partial charge is 0.266 e. The lowest BCUT2D eigenvalue weighted by molar-refractivity contribution is -0.119. The molecule has 30 heavy (non-hydrogen) atoms. The molecule has 1 aliphatic carbocycles. The van der Waals surface area contributed by atoms with Gasteiger partial charge in [0.25, 0.3) is 5.56 Å². The Bertz CT molecular complexity index is 1120. The summed E-state index contributed by atoms with van der Waals surface area (Å²) in [5, 5.41) is 4.30. The Labute approximate surface area is 180 Å². The zero-order valence-electron chi connectivity index (χ0n) is 17.4. The lowest BCUT2D eigenvalue weighted by Crippen LogP contribution is -2.41. The number of aromatic nitrogens is 2. The molecule has 3 aromatic rings. The van der Waals surface area contributed by atoms with Gasteiger partial charge in [0, 0.05) is 6.04 Å². The predicted octanol–water partition coefficient (Wildman–Crippen LogP) is 4.48. The molecule has 0 bridgehead atoms. The lowest BCUT2D eigenvalue weighted by atomic mass is 9.86. The van der Waals surface area contributed by atoms with Gasteiger partial charge >= 0.3 is 0 Å². The van der Waals surface area contributed by atoms with Crippen molar-refractivity contribution in [3.8, 4) is 5.69 Å². The summed E-state index contributed by atoms with van der Waals surface area (Å²) >= 11 is 1.31. The highest BCUT2D eigenvalue weighted by Gasteiger charge is 2.23. The second-order valence-electron chi connectivity index (χ2n) is 8.12. The highest BCUT2D eigenvalue weighted by atomic mass is 32.2. The first-order valence-electron chi connectivity index (χ1n) is 10.5. The molecular formula is C24H27N3O2S. The van der Waals surface area contributed by atoms with Crippen molar-refractivity contribution in [1.29, 1.82) is 0 Å². The van der Waals surface area contributed by atoms with Gasteiger partial charge in [0.2, 0.25) is 5.91 Å². The highest BCUT2D eigenvalue weighted by molar-refractivity contribution is 7.99. The first-order chi connectivity index (χ1) is 14.5. The van der Waals surface area contributed by atoms with Crippen LogP contribution in [-0.4, -0.2) is 27.3 Å². The van der Waals surface area contributed by atoms with Crippen molar-refractivity contribution in [3.05, 3.63) is 64.4 Å². The van der Waals surface area contributed by atoms with Crippen LogP contribution in [0.15, 0.2) is 58.5 Å². The number of aryl methyl sites for hydroxylation is 1. The zero-order chi connectivity index (χ0) is 21.1. The SMILES string of the molecule is Cc1cccc(-n2c(SCC(=O)N[C@@H]3CCCC[C@H]3C)nc3ccccc3c2=O)c1. The van der Waals surface area contributed by atoms with Crippen LogP contribution < -0.4 is 10.9 Å². The summed E-state index contributed by atoms with van der Waals surface area (Å²) in [6, 6.07) is 15.4. The molecule has 0 saturated heterocycles.